The van der Waals surface area contributed by atoms with E-state index in [0.717, 1.165) is 24.8 Å². The molecule has 1 aromatic carbocycles. The summed E-state index contributed by atoms with van der Waals surface area (Å²) in [5, 5.41) is 23.5. The highest BCUT2D eigenvalue weighted by Gasteiger charge is 2.40. The number of rotatable bonds is 13. The van der Waals surface area contributed by atoms with Gasteiger partial charge in [-0.2, -0.15) is 0 Å². The quantitative estimate of drug-likeness (QED) is 0.339. The summed E-state index contributed by atoms with van der Waals surface area (Å²) in [6, 6.07) is 9.99. The molecule has 5 nitrogen and oxygen atoms in total. The summed E-state index contributed by atoms with van der Waals surface area (Å²) >= 11 is 0. The van der Waals surface area contributed by atoms with Crippen LogP contribution in [0.15, 0.2) is 42.5 Å². The van der Waals surface area contributed by atoms with Gasteiger partial charge in [0.15, 0.2) is 0 Å². The topological polar surface area (TPSA) is 86.6 Å². The first-order chi connectivity index (χ1) is 14.5. The summed E-state index contributed by atoms with van der Waals surface area (Å²) in [4.78, 5) is 23.7. The number of carbonyl (C=O) groups is 2. The zero-order valence-electron chi connectivity index (χ0n) is 18.1. The van der Waals surface area contributed by atoms with E-state index in [1.807, 2.05) is 43.3 Å². The van der Waals surface area contributed by atoms with E-state index in [4.69, 9.17) is 0 Å². The summed E-state index contributed by atoms with van der Waals surface area (Å²) in [6.45, 7) is 2.57. The van der Waals surface area contributed by atoms with Crippen molar-refractivity contribution in [3.05, 3.63) is 48.0 Å². The van der Waals surface area contributed by atoms with Gasteiger partial charge in [-0.05, 0) is 62.8 Å². The average Bonchev–Trinajstić information content (AvgIpc) is 3.00. The van der Waals surface area contributed by atoms with E-state index >= 15 is 0 Å². The van der Waals surface area contributed by atoms with E-state index in [1.165, 1.54) is 0 Å². The number of aliphatic hydroxyl groups is 2. The monoisotopic (exact) mass is 415 g/mol. The Labute approximate surface area is 180 Å². The molecule has 0 bridgehead atoms. The van der Waals surface area contributed by atoms with Gasteiger partial charge in [0.2, 0.25) is 5.91 Å². The lowest BCUT2D eigenvalue weighted by Gasteiger charge is -2.22. The van der Waals surface area contributed by atoms with Gasteiger partial charge in [-0.3, -0.25) is 9.59 Å². The second kappa shape index (κ2) is 13.3. The molecule has 0 aromatic heterocycles. The van der Waals surface area contributed by atoms with Gasteiger partial charge >= 0.3 is 0 Å². The summed E-state index contributed by atoms with van der Waals surface area (Å²) in [7, 11) is 0. The van der Waals surface area contributed by atoms with Crippen LogP contribution in [0.25, 0.3) is 0 Å². The Morgan fingerprint density at radius 1 is 1.03 bits per heavy atom. The number of aliphatic hydroxyl groups excluding tert-OH is 2. The second-order valence-electron chi connectivity index (χ2n) is 8.31. The number of hydrogen-bond donors (Lipinski definition) is 3. The number of carbonyl (C=O) groups excluding carboxylic acids is 2. The van der Waals surface area contributed by atoms with Crippen molar-refractivity contribution in [2.75, 3.05) is 6.54 Å². The van der Waals surface area contributed by atoms with Crippen LogP contribution in [0.5, 0.6) is 0 Å². The largest absolute Gasteiger partial charge is 0.393 e. The number of Topliss-reactive ketones (excluding diaryl/α,β-unsaturated/α-hetero) is 1. The molecule has 30 heavy (non-hydrogen) atoms. The molecule has 0 radical (unpaired) electrons. The fourth-order valence-corrected chi connectivity index (χ4v) is 4.32. The normalized spacial score (nSPS) is 23.7. The van der Waals surface area contributed by atoms with Crippen LogP contribution >= 0.6 is 0 Å². The Balaban J connectivity index is 1.72. The third-order valence-electron chi connectivity index (χ3n) is 6.04. The van der Waals surface area contributed by atoms with E-state index in [2.05, 4.69) is 11.4 Å². The first-order valence-corrected chi connectivity index (χ1v) is 11.3. The van der Waals surface area contributed by atoms with Crippen LogP contribution in [0.1, 0.15) is 63.9 Å². The molecule has 3 N–H and O–H groups in total. The van der Waals surface area contributed by atoms with Crippen molar-refractivity contribution in [2.45, 2.75) is 76.9 Å². The van der Waals surface area contributed by atoms with Crippen LogP contribution in [0.2, 0.25) is 0 Å². The highest BCUT2D eigenvalue weighted by Crippen LogP contribution is 2.38. The van der Waals surface area contributed by atoms with E-state index in [-0.39, 0.29) is 23.5 Å². The number of aryl methyl sites for hydroxylation is 1. The van der Waals surface area contributed by atoms with Gasteiger partial charge in [0.25, 0.3) is 0 Å². The van der Waals surface area contributed by atoms with Crippen LogP contribution in [-0.2, 0) is 16.0 Å². The summed E-state index contributed by atoms with van der Waals surface area (Å²) in [5.74, 6) is 0.242. The lowest BCUT2D eigenvalue weighted by molar-refractivity contribution is -0.121. The zero-order valence-corrected chi connectivity index (χ0v) is 18.1. The molecular formula is C25H37NO4. The fraction of sp³-hybridized carbons (Fsp3) is 0.600. The van der Waals surface area contributed by atoms with Gasteiger partial charge in [0.05, 0.1) is 12.2 Å². The van der Waals surface area contributed by atoms with E-state index in [1.54, 1.807) is 0 Å². The molecule has 5 heteroatoms. The van der Waals surface area contributed by atoms with Crippen molar-refractivity contribution in [1.82, 2.24) is 5.32 Å². The van der Waals surface area contributed by atoms with Gasteiger partial charge in [-0.25, -0.2) is 0 Å². The minimum atomic E-state index is -0.543. The first kappa shape index (κ1) is 24.3. The Morgan fingerprint density at radius 3 is 2.50 bits per heavy atom. The number of amides is 1. The van der Waals surface area contributed by atoms with Crippen LogP contribution in [0, 0.1) is 11.8 Å². The van der Waals surface area contributed by atoms with Crippen molar-refractivity contribution in [2.24, 2.45) is 11.8 Å². The summed E-state index contributed by atoms with van der Waals surface area (Å²) in [6.07, 6.45) is 8.62. The van der Waals surface area contributed by atoms with Crippen molar-refractivity contribution in [1.29, 1.82) is 0 Å². The Morgan fingerprint density at radius 2 is 1.77 bits per heavy atom. The Bertz CT molecular complexity index is 673. The SMILES string of the molecule is CCNC(=O)CCC/C=C/C[C@@H]1[C@@H](CCC(=O)CCc2ccccc2)[C@H](O)C[C@@H]1O. The predicted octanol–water partition coefficient (Wildman–Crippen LogP) is 3.58. The number of benzene rings is 1. The fourth-order valence-electron chi connectivity index (χ4n) is 4.32. The molecular weight excluding hydrogens is 378 g/mol. The highest BCUT2D eigenvalue weighted by molar-refractivity contribution is 5.78. The first-order valence-electron chi connectivity index (χ1n) is 11.3. The predicted molar refractivity (Wildman–Crippen MR) is 119 cm³/mol. The molecule has 0 unspecified atom stereocenters. The third-order valence-corrected chi connectivity index (χ3v) is 6.04. The minimum absolute atomic E-state index is 0.0124. The van der Waals surface area contributed by atoms with Crippen LogP contribution in [0.4, 0.5) is 0 Å². The highest BCUT2D eigenvalue weighted by atomic mass is 16.3. The smallest absolute Gasteiger partial charge is 0.219 e. The molecule has 1 aliphatic rings. The summed E-state index contributed by atoms with van der Waals surface area (Å²) in [5.41, 5.74) is 1.16. The van der Waals surface area contributed by atoms with Crippen molar-refractivity contribution < 1.29 is 19.8 Å². The molecule has 2 rings (SSSR count). The van der Waals surface area contributed by atoms with E-state index < -0.39 is 12.2 Å². The van der Waals surface area contributed by atoms with Gasteiger partial charge in [-0.1, -0.05) is 42.5 Å². The van der Waals surface area contributed by atoms with Crippen LogP contribution in [-0.4, -0.2) is 40.7 Å². The van der Waals surface area contributed by atoms with Gasteiger partial charge in [0, 0.05) is 25.8 Å². The van der Waals surface area contributed by atoms with Crippen molar-refractivity contribution >= 4 is 11.7 Å². The van der Waals surface area contributed by atoms with Gasteiger partial charge in [-0.15, -0.1) is 0 Å². The molecule has 0 spiro atoms. The van der Waals surface area contributed by atoms with Gasteiger partial charge in [0.1, 0.15) is 5.78 Å². The number of nitrogens with one attached hydrogen (secondary N) is 1. The molecule has 1 aliphatic carbocycles. The van der Waals surface area contributed by atoms with Crippen LogP contribution < -0.4 is 5.32 Å². The molecule has 4 atom stereocenters. The molecule has 0 aliphatic heterocycles. The van der Waals surface area contributed by atoms with Crippen molar-refractivity contribution in [3.8, 4) is 0 Å². The average molecular weight is 416 g/mol. The van der Waals surface area contributed by atoms with Crippen molar-refractivity contribution in [3.63, 3.8) is 0 Å². The molecule has 0 heterocycles. The molecule has 1 saturated carbocycles. The maximum Gasteiger partial charge on any atom is 0.219 e. The summed E-state index contributed by atoms with van der Waals surface area (Å²) < 4.78 is 0. The lowest BCUT2D eigenvalue weighted by Crippen LogP contribution is -2.22. The molecule has 0 saturated heterocycles. The Kier molecular flexibility index (Phi) is 10.8. The van der Waals surface area contributed by atoms with Crippen LogP contribution in [0.3, 0.4) is 0 Å². The number of allylic oxidation sites excluding steroid dienone is 2. The second-order valence-corrected chi connectivity index (χ2v) is 8.31. The maximum absolute atomic E-state index is 12.3. The van der Waals surface area contributed by atoms with E-state index in [0.29, 0.717) is 45.1 Å². The lowest BCUT2D eigenvalue weighted by atomic mass is 9.86. The number of unbranched alkanes of at least 4 members (excludes halogenated alkanes) is 1. The van der Waals surface area contributed by atoms with E-state index in [9.17, 15) is 19.8 Å². The number of ketones is 1. The third kappa shape index (κ3) is 8.41. The minimum Gasteiger partial charge on any atom is -0.393 e. The molecule has 1 aromatic rings. The standard InChI is InChI=1S/C25H37NO4/c1-2-26-25(30)13-9-4-3-8-12-21-22(24(29)18-23(21)28)17-16-20(27)15-14-19-10-6-5-7-11-19/h3,5-8,10-11,21-24,28-29H,2,4,9,12-18H2,1H3,(H,26,30)/b8-3+/t21-,22-,23+,24-/m1/s1. The number of hydrogen-bond acceptors (Lipinski definition) is 4. The van der Waals surface area contributed by atoms with Gasteiger partial charge < -0.3 is 15.5 Å². The molecule has 166 valence electrons. The maximum atomic E-state index is 12.3. The molecule has 1 amide bonds. The Hall–Kier alpha value is -1.98. The zero-order chi connectivity index (χ0) is 21.8. The molecule has 1 fully saturated rings.